The van der Waals surface area contributed by atoms with Crippen molar-refractivity contribution >= 4 is 18.2 Å². The van der Waals surface area contributed by atoms with Crippen molar-refractivity contribution in [2.24, 2.45) is 0 Å². The monoisotopic (exact) mass is 269 g/mol. The van der Waals surface area contributed by atoms with Gasteiger partial charge in [-0.05, 0) is 19.4 Å². The Labute approximate surface area is 115 Å². The van der Waals surface area contributed by atoms with E-state index < -0.39 is 0 Å². The second-order valence-corrected chi connectivity index (χ2v) is 4.63. The summed E-state index contributed by atoms with van der Waals surface area (Å²) in [5.74, 6) is 0.212. The molecule has 1 fully saturated rings. The van der Waals surface area contributed by atoms with Gasteiger partial charge < -0.3 is 4.74 Å². The molecule has 0 spiro atoms. The van der Waals surface area contributed by atoms with E-state index in [9.17, 15) is 4.79 Å². The first-order chi connectivity index (χ1) is 8.16. The molecule has 0 N–H and O–H groups in total. The molecule has 1 heterocycles. The number of benzene rings is 1. The average Bonchev–Trinajstić information content (AvgIpc) is 2.30. The van der Waals surface area contributed by atoms with Crippen LogP contribution < -0.4 is 0 Å². The lowest BCUT2D eigenvalue weighted by Crippen LogP contribution is -2.39. The Morgan fingerprint density at radius 3 is 2.56 bits per heavy atom. The fourth-order valence-corrected chi connectivity index (χ4v) is 2.17. The number of ether oxygens (including phenoxy) is 1. The van der Waals surface area contributed by atoms with Gasteiger partial charge in [0.1, 0.15) is 0 Å². The van der Waals surface area contributed by atoms with E-state index in [4.69, 9.17) is 4.74 Å². The highest BCUT2D eigenvalue weighted by molar-refractivity contribution is 5.98. The Bertz CT molecular complexity index is 414. The Morgan fingerprint density at radius 2 is 1.94 bits per heavy atom. The summed E-state index contributed by atoms with van der Waals surface area (Å²) in [7, 11) is 0. The van der Waals surface area contributed by atoms with Gasteiger partial charge in [-0.15, -0.1) is 12.4 Å². The molecule has 0 amide bonds. The van der Waals surface area contributed by atoms with Crippen molar-refractivity contribution in [2.45, 2.75) is 13.8 Å². The molecule has 0 radical (unpaired) electrons. The Morgan fingerprint density at radius 1 is 1.28 bits per heavy atom. The van der Waals surface area contributed by atoms with Crippen molar-refractivity contribution in [3.63, 3.8) is 0 Å². The van der Waals surface area contributed by atoms with Gasteiger partial charge in [0.05, 0.1) is 19.8 Å². The van der Waals surface area contributed by atoms with Crippen LogP contribution >= 0.6 is 12.4 Å². The molecule has 1 saturated heterocycles. The van der Waals surface area contributed by atoms with Crippen molar-refractivity contribution in [3.8, 4) is 0 Å². The minimum Gasteiger partial charge on any atom is -0.379 e. The number of halogens is 1. The standard InChI is InChI=1S/C14H19NO2.ClH/c1-11-3-4-13(12(2)9-11)14(16)10-15-5-7-17-8-6-15;/h3-4,9H,5-8,10H2,1-2H3;1H. The quantitative estimate of drug-likeness (QED) is 0.789. The minimum absolute atomic E-state index is 0. The van der Waals surface area contributed by atoms with Gasteiger partial charge in [0.2, 0.25) is 0 Å². The zero-order valence-electron chi connectivity index (χ0n) is 10.9. The van der Waals surface area contributed by atoms with E-state index in [0.717, 1.165) is 37.4 Å². The van der Waals surface area contributed by atoms with E-state index in [1.807, 2.05) is 26.0 Å². The molecule has 1 aromatic rings. The maximum absolute atomic E-state index is 12.2. The molecule has 100 valence electrons. The highest BCUT2D eigenvalue weighted by Crippen LogP contribution is 2.12. The molecule has 0 saturated carbocycles. The highest BCUT2D eigenvalue weighted by Gasteiger charge is 2.16. The van der Waals surface area contributed by atoms with Crippen LogP contribution in [0.3, 0.4) is 0 Å². The van der Waals surface area contributed by atoms with Gasteiger partial charge in [-0.2, -0.15) is 0 Å². The topological polar surface area (TPSA) is 29.5 Å². The number of nitrogens with zero attached hydrogens (tertiary/aromatic N) is 1. The van der Waals surface area contributed by atoms with Crippen LogP contribution in [0.4, 0.5) is 0 Å². The van der Waals surface area contributed by atoms with Crippen molar-refractivity contribution < 1.29 is 9.53 Å². The van der Waals surface area contributed by atoms with Crippen molar-refractivity contribution in [1.29, 1.82) is 0 Å². The summed E-state index contributed by atoms with van der Waals surface area (Å²) in [5.41, 5.74) is 3.12. The number of rotatable bonds is 3. The smallest absolute Gasteiger partial charge is 0.177 e. The molecule has 18 heavy (non-hydrogen) atoms. The summed E-state index contributed by atoms with van der Waals surface area (Å²) in [4.78, 5) is 14.3. The molecular formula is C14H20ClNO2. The second kappa shape index (κ2) is 6.88. The summed E-state index contributed by atoms with van der Waals surface area (Å²) in [6.45, 7) is 7.74. The van der Waals surface area contributed by atoms with Crippen LogP contribution in [0.25, 0.3) is 0 Å². The van der Waals surface area contributed by atoms with Crippen LogP contribution in [0.1, 0.15) is 21.5 Å². The zero-order chi connectivity index (χ0) is 12.3. The number of carbonyl (C=O) groups excluding carboxylic acids is 1. The number of morpholine rings is 1. The summed E-state index contributed by atoms with van der Waals surface area (Å²) in [5, 5.41) is 0. The lowest BCUT2D eigenvalue weighted by atomic mass is 10.0. The van der Waals surface area contributed by atoms with Gasteiger partial charge in [0, 0.05) is 18.7 Å². The lowest BCUT2D eigenvalue weighted by Gasteiger charge is -2.26. The Hall–Kier alpha value is -0.900. The predicted octanol–water partition coefficient (Wildman–Crippen LogP) is 2.24. The van der Waals surface area contributed by atoms with Gasteiger partial charge in [-0.25, -0.2) is 0 Å². The second-order valence-electron chi connectivity index (χ2n) is 4.63. The largest absolute Gasteiger partial charge is 0.379 e. The molecule has 1 aromatic carbocycles. The van der Waals surface area contributed by atoms with Gasteiger partial charge in [0.25, 0.3) is 0 Å². The Kier molecular flexibility index (Phi) is 5.79. The molecule has 2 rings (SSSR count). The third-order valence-corrected chi connectivity index (χ3v) is 3.15. The van der Waals surface area contributed by atoms with E-state index in [1.165, 1.54) is 5.56 Å². The van der Waals surface area contributed by atoms with Crippen LogP contribution in [0.5, 0.6) is 0 Å². The molecule has 0 aliphatic carbocycles. The van der Waals surface area contributed by atoms with Crippen molar-refractivity contribution in [3.05, 3.63) is 34.9 Å². The van der Waals surface area contributed by atoms with Crippen LogP contribution in [0.2, 0.25) is 0 Å². The molecule has 3 nitrogen and oxygen atoms in total. The first-order valence-corrected chi connectivity index (χ1v) is 6.07. The number of hydrogen-bond donors (Lipinski definition) is 0. The molecule has 1 aliphatic rings. The van der Waals surface area contributed by atoms with E-state index in [-0.39, 0.29) is 18.2 Å². The average molecular weight is 270 g/mol. The van der Waals surface area contributed by atoms with Crippen LogP contribution in [-0.2, 0) is 4.74 Å². The first kappa shape index (κ1) is 15.2. The zero-order valence-corrected chi connectivity index (χ0v) is 11.8. The molecule has 0 bridgehead atoms. The summed E-state index contributed by atoms with van der Waals surface area (Å²) >= 11 is 0. The number of ketones is 1. The number of aryl methyl sites for hydroxylation is 2. The molecule has 0 aromatic heterocycles. The maximum atomic E-state index is 12.2. The number of carbonyl (C=O) groups is 1. The van der Waals surface area contributed by atoms with E-state index >= 15 is 0 Å². The van der Waals surface area contributed by atoms with Crippen molar-refractivity contribution in [2.75, 3.05) is 32.8 Å². The van der Waals surface area contributed by atoms with Gasteiger partial charge in [-0.1, -0.05) is 23.8 Å². The molecule has 0 unspecified atom stereocenters. The van der Waals surface area contributed by atoms with Crippen LogP contribution in [0, 0.1) is 13.8 Å². The van der Waals surface area contributed by atoms with E-state index in [2.05, 4.69) is 11.0 Å². The third kappa shape index (κ3) is 3.80. The number of Topliss-reactive ketones (excluding diaryl/α,β-unsaturated/α-hetero) is 1. The molecule has 0 atom stereocenters. The minimum atomic E-state index is 0. The van der Waals surface area contributed by atoms with Gasteiger partial charge in [0.15, 0.2) is 5.78 Å². The van der Waals surface area contributed by atoms with Gasteiger partial charge >= 0.3 is 0 Å². The Balaban J connectivity index is 0.00000162. The fraction of sp³-hybridized carbons (Fsp3) is 0.500. The van der Waals surface area contributed by atoms with E-state index in [0.29, 0.717) is 6.54 Å². The lowest BCUT2D eigenvalue weighted by molar-refractivity contribution is 0.0371. The SMILES string of the molecule is Cc1ccc(C(=O)CN2CCOCC2)c(C)c1.Cl. The number of hydrogen-bond acceptors (Lipinski definition) is 3. The molecule has 4 heteroatoms. The molecule has 1 aliphatic heterocycles. The molecular weight excluding hydrogens is 250 g/mol. The fourth-order valence-electron chi connectivity index (χ4n) is 2.17. The van der Waals surface area contributed by atoms with Crippen LogP contribution in [0.15, 0.2) is 18.2 Å². The van der Waals surface area contributed by atoms with Crippen LogP contribution in [-0.4, -0.2) is 43.5 Å². The maximum Gasteiger partial charge on any atom is 0.177 e. The van der Waals surface area contributed by atoms with Gasteiger partial charge in [-0.3, -0.25) is 9.69 Å². The predicted molar refractivity (Wildman–Crippen MR) is 74.8 cm³/mol. The van der Waals surface area contributed by atoms with E-state index in [1.54, 1.807) is 0 Å². The third-order valence-electron chi connectivity index (χ3n) is 3.15. The summed E-state index contributed by atoms with van der Waals surface area (Å²) in [6, 6.07) is 6.00. The van der Waals surface area contributed by atoms with Crippen molar-refractivity contribution in [1.82, 2.24) is 4.90 Å². The summed E-state index contributed by atoms with van der Waals surface area (Å²) in [6.07, 6.45) is 0. The first-order valence-electron chi connectivity index (χ1n) is 6.07. The normalized spacial score (nSPS) is 16.1. The highest BCUT2D eigenvalue weighted by atomic mass is 35.5. The summed E-state index contributed by atoms with van der Waals surface area (Å²) < 4.78 is 5.27.